The fraction of sp³-hybridized carbons (Fsp3) is 0.917. The molecule has 0 saturated heterocycles. The van der Waals surface area contributed by atoms with Crippen molar-refractivity contribution in [1.29, 1.82) is 0 Å². The standard InChI is InChI=1S/C12H23NO3/c1-12(2,11(15)16-3)8-13-7-9-5-4-6-10(9)14/h9-10,13-14H,4-8H2,1-3H3. The fourth-order valence-corrected chi connectivity index (χ4v) is 2.17. The van der Waals surface area contributed by atoms with E-state index in [0.717, 1.165) is 25.8 Å². The lowest BCUT2D eigenvalue weighted by Crippen LogP contribution is -2.39. The Morgan fingerprint density at radius 1 is 1.50 bits per heavy atom. The highest BCUT2D eigenvalue weighted by molar-refractivity contribution is 5.76. The van der Waals surface area contributed by atoms with E-state index >= 15 is 0 Å². The highest BCUT2D eigenvalue weighted by atomic mass is 16.5. The first-order valence-corrected chi connectivity index (χ1v) is 5.94. The lowest BCUT2D eigenvalue weighted by atomic mass is 9.93. The number of aliphatic hydroxyl groups excluding tert-OH is 1. The number of methoxy groups -OCH3 is 1. The van der Waals surface area contributed by atoms with Crippen LogP contribution in [0.25, 0.3) is 0 Å². The molecular weight excluding hydrogens is 206 g/mol. The maximum absolute atomic E-state index is 11.4. The summed E-state index contributed by atoms with van der Waals surface area (Å²) in [6.45, 7) is 5.08. The Bertz CT molecular complexity index is 240. The zero-order valence-electron chi connectivity index (χ0n) is 10.5. The third-order valence-electron chi connectivity index (χ3n) is 3.33. The van der Waals surface area contributed by atoms with Crippen LogP contribution in [-0.4, -0.2) is 37.4 Å². The van der Waals surface area contributed by atoms with E-state index in [1.54, 1.807) is 0 Å². The molecule has 1 saturated carbocycles. The Balaban J connectivity index is 2.26. The number of aliphatic hydroxyl groups is 1. The quantitative estimate of drug-likeness (QED) is 0.689. The van der Waals surface area contributed by atoms with E-state index in [1.807, 2.05) is 13.8 Å². The summed E-state index contributed by atoms with van der Waals surface area (Å²) in [5, 5.41) is 12.9. The van der Waals surface area contributed by atoms with E-state index < -0.39 is 5.41 Å². The van der Waals surface area contributed by atoms with Crippen molar-refractivity contribution in [3.05, 3.63) is 0 Å². The minimum Gasteiger partial charge on any atom is -0.469 e. The van der Waals surface area contributed by atoms with Crippen LogP contribution >= 0.6 is 0 Å². The number of nitrogens with one attached hydrogen (secondary N) is 1. The summed E-state index contributed by atoms with van der Waals surface area (Å²) in [5.74, 6) is 0.139. The van der Waals surface area contributed by atoms with Crippen LogP contribution in [0.3, 0.4) is 0 Å². The number of rotatable bonds is 5. The molecule has 0 aliphatic heterocycles. The van der Waals surface area contributed by atoms with Gasteiger partial charge in [0.05, 0.1) is 18.6 Å². The largest absolute Gasteiger partial charge is 0.469 e. The summed E-state index contributed by atoms with van der Waals surface area (Å²) >= 11 is 0. The van der Waals surface area contributed by atoms with Gasteiger partial charge in [0.1, 0.15) is 0 Å². The summed E-state index contributed by atoms with van der Waals surface area (Å²) in [4.78, 5) is 11.4. The number of carbonyl (C=O) groups is 1. The highest BCUT2D eigenvalue weighted by Crippen LogP contribution is 2.25. The van der Waals surface area contributed by atoms with Gasteiger partial charge in [-0.15, -0.1) is 0 Å². The normalized spacial score (nSPS) is 25.8. The van der Waals surface area contributed by atoms with Gasteiger partial charge in [0, 0.05) is 13.1 Å². The lowest BCUT2D eigenvalue weighted by Gasteiger charge is -2.23. The van der Waals surface area contributed by atoms with Crippen molar-refractivity contribution < 1.29 is 14.6 Å². The Hall–Kier alpha value is -0.610. The third-order valence-corrected chi connectivity index (χ3v) is 3.33. The van der Waals surface area contributed by atoms with Crippen LogP contribution in [0.15, 0.2) is 0 Å². The van der Waals surface area contributed by atoms with E-state index in [-0.39, 0.29) is 12.1 Å². The van der Waals surface area contributed by atoms with Crippen molar-refractivity contribution in [1.82, 2.24) is 5.32 Å². The van der Waals surface area contributed by atoms with Gasteiger partial charge < -0.3 is 15.2 Å². The molecule has 0 spiro atoms. The SMILES string of the molecule is COC(=O)C(C)(C)CNCC1CCCC1O. The van der Waals surface area contributed by atoms with Gasteiger partial charge in [-0.05, 0) is 32.6 Å². The van der Waals surface area contributed by atoms with E-state index in [1.165, 1.54) is 7.11 Å². The molecule has 1 aliphatic carbocycles. The molecule has 4 nitrogen and oxygen atoms in total. The third kappa shape index (κ3) is 3.46. The number of esters is 1. The summed E-state index contributed by atoms with van der Waals surface area (Å²) in [6, 6.07) is 0. The first-order valence-electron chi connectivity index (χ1n) is 5.94. The number of hydrogen-bond acceptors (Lipinski definition) is 4. The summed E-state index contributed by atoms with van der Waals surface area (Å²) in [7, 11) is 1.41. The first kappa shape index (κ1) is 13.5. The molecule has 0 aromatic carbocycles. The molecule has 94 valence electrons. The molecule has 0 radical (unpaired) electrons. The number of carbonyl (C=O) groups excluding carboxylic acids is 1. The maximum Gasteiger partial charge on any atom is 0.312 e. The highest BCUT2D eigenvalue weighted by Gasteiger charge is 2.30. The topological polar surface area (TPSA) is 58.6 Å². The Morgan fingerprint density at radius 3 is 2.69 bits per heavy atom. The van der Waals surface area contributed by atoms with Gasteiger partial charge >= 0.3 is 5.97 Å². The Morgan fingerprint density at radius 2 is 2.19 bits per heavy atom. The molecule has 1 rings (SSSR count). The van der Waals surface area contributed by atoms with Gasteiger partial charge in [0.25, 0.3) is 0 Å². The molecular formula is C12H23NO3. The molecule has 4 heteroatoms. The minimum absolute atomic E-state index is 0.172. The van der Waals surface area contributed by atoms with Crippen molar-refractivity contribution in [3.8, 4) is 0 Å². The Labute approximate surface area is 97.4 Å². The fourth-order valence-electron chi connectivity index (χ4n) is 2.17. The monoisotopic (exact) mass is 229 g/mol. The second-order valence-corrected chi connectivity index (χ2v) is 5.26. The molecule has 0 amide bonds. The van der Waals surface area contributed by atoms with E-state index in [2.05, 4.69) is 5.32 Å². The number of ether oxygens (including phenoxy) is 1. The molecule has 2 N–H and O–H groups in total. The molecule has 0 aromatic rings. The van der Waals surface area contributed by atoms with Crippen LogP contribution in [0.5, 0.6) is 0 Å². The average Bonchev–Trinajstić information content (AvgIpc) is 2.63. The molecule has 0 aromatic heterocycles. The van der Waals surface area contributed by atoms with Crippen LogP contribution < -0.4 is 5.32 Å². The van der Waals surface area contributed by atoms with Gasteiger partial charge in [-0.1, -0.05) is 6.42 Å². The molecule has 0 bridgehead atoms. The van der Waals surface area contributed by atoms with Gasteiger partial charge in [0.2, 0.25) is 0 Å². The van der Waals surface area contributed by atoms with Crippen LogP contribution in [0.2, 0.25) is 0 Å². The summed E-state index contributed by atoms with van der Waals surface area (Å²) in [5.41, 5.74) is -0.502. The molecule has 2 unspecified atom stereocenters. The Kier molecular flexibility index (Phi) is 4.74. The minimum atomic E-state index is -0.502. The zero-order valence-corrected chi connectivity index (χ0v) is 10.5. The van der Waals surface area contributed by atoms with Crippen LogP contribution in [0.4, 0.5) is 0 Å². The van der Waals surface area contributed by atoms with Crippen LogP contribution in [0.1, 0.15) is 33.1 Å². The molecule has 1 aliphatic rings. The molecule has 0 heterocycles. The van der Waals surface area contributed by atoms with Crippen molar-refractivity contribution >= 4 is 5.97 Å². The molecule has 1 fully saturated rings. The van der Waals surface area contributed by atoms with Crippen LogP contribution in [0, 0.1) is 11.3 Å². The maximum atomic E-state index is 11.4. The summed E-state index contributed by atoms with van der Waals surface area (Å²) < 4.78 is 4.73. The van der Waals surface area contributed by atoms with Gasteiger partial charge in [-0.2, -0.15) is 0 Å². The second-order valence-electron chi connectivity index (χ2n) is 5.26. The van der Waals surface area contributed by atoms with E-state index in [0.29, 0.717) is 12.5 Å². The van der Waals surface area contributed by atoms with Gasteiger partial charge in [0.15, 0.2) is 0 Å². The second kappa shape index (κ2) is 5.64. The van der Waals surface area contributed by atoms with Crippen molar-refractivity contribution in [2.24, 2.45) is 11.3 Å². The number of hydrogen-bond donors (Lipinski definition) is 2. The van der Waals surface area contributed by atoms with E-state index in [4.69, 9.17) is 4.74 Å². The van der Waals surface area contributed by atoms with Gasteiger partial charge in [-0.25, -0.2) is 0 Å². The van der Waals surface area contributed by atoms with Crippen LogP contribution in [-0.2, 0) is 9.53 Å². The lowest BCUT2D eigenvalue weighted by molar-refractivity contribution is -0.150. The van der Waals surface area contributed by atoms with Crippen molar-refractivity contribution in [2.45, 2.75) is 39.2 Å². The van der Waals surface area contributed by atoms with Gasteiger partial charge in [-0.3, -0.25) is 4.79 Å². The predicted molar refractivity (Wildman–Crippen MR) is 62.0 cm³/mol. The summed E-state index contributed by atoms with van der Waals surface area (Å²) in [6.07, 6.45) is 2.92. The molecule has 2 atom stereocenters. The van der Waals surface area contributed by atoms with E-state index in [9.17, 15) is 9.90 Å². The van der Waals surface area contributed by atoms with Crippen molar-refractivity contribution in [2.75, 3.05) is 20.2 Å². The molecule has 16 heavy (non-hydrogen) atoms. The smallest absolute Gasteiger partial charge is 0.312 e. The zero-order chi connectivity index (χ0) is 12.2. The first-order chi connectivity index (χ1) is 7.47. The average molecular weight is 229 g/mol. The predicted octanol–water partition coefficient (Wildman–Crippen LogP) is 0.936. The van der Waals surface area contributed by atoms with Crippen molar-refractivity contribution in [3.63, 3.8) is 0 Å².